The molecule has 8 heteroatoms. The summed E-state index contributed by atoms with van der Waals surface area (Å²) < 4.78 is 11.2. The van der Waals surface area contributed by atoms with Crippen LogP contribution in [0.15, 0.2) is 48.5 Å². The third-order valence-electron chi connectivity index (χ3n) is 7.25. The van der Waals surface area contributed by atoms with Crippen LogP contribution in [0.1, 0.15) is 42.7 Å². The minimum Gasteiger partial charge on any atom is -0.480 e. The van der Waals surface area contributed by atoms with Gasteiger partial charge < -0.3 is 25.2 Å². The summed E-state index contributed by atoms with van der Waals surface area (Å²) in [5, 5.41) is 14.8. The van der Waals surface area contributed by atoms with Crippen LogP contribution in [0.25, 0.3) is 11.1 Å². The first-order chi connectivity index (χ1) is 16.5. The summed E-state index contributed by atoms with van der Waals surface area (Å²) in [6, 6.07) is 16.3. The molecule has 3 aliphatic rings. The average molecular weight is 465 g/mol. The highest BCUT2D eigenvalue weighted by molar-refractivity contribution is 5.89. The second kappa shape index (κ2) is 9.10. The van der Waals surface area contributed by atoms with Crippen LogP contribution in [0.2, 0.25) is 0 Å². The molecular weight excluding hydrogens is 436 g/mol. The van der Waals surface area contributed by atoms with E-state index in [1.54, 1.807) is 0 Å². The molecule has 34 heavy (non-hydrogen) atoms. The molecule has 2 aromatic carbocycles. The Morgan fingerprint density at radius 2 is 1.68 bits per heavy atom. The molecule has 2 fully saturated rings. The van der Waals surface area contributed by atoms with Crippen LogP contribution >= 0.6 is 0 Å². The predicted molar refractivity (Wildman–Crippen MR) is 123 cm³/mol. The van der Waals surface area contributed by atoms with Crippen molar-refractivity contribution in [2.75, 3.05) is 19.8 Å². The highest BCUT2D eigenvalue weighted by Gasteiger charge is 2.47. The maximum atomic E-state index is 12.5. The smallest absolute Gasteiger partial charge is 0.407 e. The fourth-order valence-corrected chi connectivity index (χ4v) is 5.14. The number of ether oxygens (including phenoxy) is 2. The lowest BCUT2D eigenvalue weighted by Crippen LogP contribution is -2.60. The Morgan fingerprint density at radius 1 is 1.03 bits per heavy atom. The molecule has 1 saturated carbocycles. The predicted octanol–water partition coefficient (Wildman–Crippen LogP) is 3.05. The summed E-state index contributed by atoms with van der Waals surface area (Å²) in [5.41, 5.74) is 3.50. The Labute approximate surface area is 197 Å². The van der Waals surface area contributed by atoms with E-state index in [4.69, 9.17) is 9.47 Å². The van der Waals surface area contributed by atoms with Gasteiger partial charge >= 0.3 is 12.1 Å². The van der Waals surface area contributed by atoms with Gasteiger partial charge in [0.2, 0.25) is 5.91 Å². The van der Waals surface area contributed by atoms with Crippen LogP contribution in [0.5, 0.6) is 0 Å². The molecule has 178 valence electrons. The number of carbonyl (C=O) groups excluding carboxylic acids is 2. The van der Waals surface area contributed by atoms with E-state index < -0.39 is 23.5 Å². The van der Waals surface area contributed by atoms with Crippen molar-refractivity contribution >= 4 is 18.0 Å². The molecule has 8 nitrogen and oxygen atoms in total. The fraction of sp³-hybridized carbons (Fsp3) is 0.423. The molecule has 1 saturated heterocycles. The maximum absolute atomic E-state index is 12.5. The number of alkyl carbamates (subject to hydrolysis) is 1. The quantitative estimate of drug-likeness (QED) is 0.580. The van der Waals surface area contributed by atoms with E-state index in [-0.39, 0.29) is 37.7 Å². The van der Waals surface area contributed by atoms with Gasteiger partial charge in [0.15, 0.2) is 0 Å². The van der Waals surface area contributed by atoms with Crippen molar-refractivity contribution in [2.24, 2.45) is 5.92 Å². The molecule has 3 N–H and O–H groups in total. The van der Waals surface area contributed by atoms with Gasteiger partial charge in [-0.05, 0) is 47.9 Å². The molecule has 0 unspecified atom stereocenters. The van der Waals surface area contributed by atoms with E-state index in [0.29, 0.717) is 19.3 Å². The van der Waals surface area contributed by atoms with E-state index in [2.05, 4.69) is 34.9 Å². The molecule has 2 atom stereocenters. The number of carboxylic acids is 1. The van der Waals surface area contributed by atoms with Gasteiger partial charge in [0, 0.05) is 12.5 Å². The standard InChI is InChI=1S/C26H28N2O6/c29-23(28-26(24(30)31)10-5-11-26)16-12-17(33-14-16)13-27-25(32)34-15-22-20-8-3-1-6-18(20)19-7-2-4-9-21(19)22/h1-4,6-9,16-17,22H,5,10-15H2,(H,27,32)(H,28,29)(H,30,31)/t16-,17-/m0/s1. The molecule has 0 aromatic heterocycles. The highest BCUT2D eigenvalue weighted by Crippen LogP contribution is 2.44. The average Bonchev–Trinajstić information content (AvgIpc) is 3.41. The first-order valence-electron chi connectivity index (χ1n) is 11.7. The van der Waals surface area contributed by atoms with Gasteiger partial charge in [0.25, 0.3) is 0 Å². The topological polar surface area (TPSA) is 114 Å². The molecule has 0 radical (unpaired) electrons. The summed E-state index contributed by atoms with van der Waals surface area (Å²) in [6.45, 7) is 0.663. The molecule has 1 heterocycles. The number of aliphatic carboxylic acids is 1. The zero-order valence-corrected chi connectivity index (χ0v) is 18.8. The number of fused-ring (bicyclic) bond motifs is 3. The molecule has 2 aliphatic carbocycles. The molecule has 2 amide bonds. The minimum atomic E-state index is -1.13. The zero-order valence-electron chi connectivity index (χ0n) is 18.8. The number of benzene rings is 2. The number of amides is 2. The molecule has 0 spiro atoms. The Bertz CT molecular complexity index is 1070. The van der Waals surface area contributed by atoms with E-state index in [0.717, 1.165) is 17.5 Å². The van der Waals surface area contributed by atoms with Crippen LogP contribution in [0.4, 0.5) is 4.79 Å². The first-order valence-corrected chi connectivity index (χ1v) is 11.7. The second-order valence-corrected chi connectivity index (χ2v) is 9.32. The summed E-state index contributed by atoms with van der Waals surface area (Å²) in [5.74, 6) is -1.72. The van der Waals surface area contributed by atoms with Crippen molar-refractivity contribution in [2.45, 2.75) is 43.2 Å². The molecular formula is C26H28N2O6. The monoisotopic (exact) mass is 464 g/mol. The summed E-state index contributed by atoms with van der Waals surface area (Å²) >= 11 is 0. The summed E-state index contributed by atoms with van der Waals surface area (Å²) in [4.78, 5) is 36.4. The Balaban J connectivity index is 1.10. The molecule has 1 aliphatic heterocycles. The van der Waals surface area contributed by atoms with Crippen molar-refractivity contribution in [1.29, 1.82) is 0 Å². The number of carboxylic acid groups (broad SMARTS) is 1. The van der Waals surface area contributed by atoms with Crippen LogP contribution in [0.3, 0.4) is 0 Å². The molecule has 5 rings (SSSR count). The SMILES string of the molecule is O=C(NC[C@@H]1C[C@H](C(=O)NC2(C(=O)O)CCC2)CO1)OCC1c2ccccc2-c2ccccc21. The number of hydrogen-bond acceptors (Lipinski definition) is 5. The van der Waals surface area contributed by atoms with E-state index in [1.165, 1.54) is 11.1 Å². The van der Waals surface area contributed by atoms with Gasteiger partial charge in [-0.2, -0.15) is 0 Å². The Kier molecular flexibility index (Phi) is 6.00. The number of carbonyl (C=O) groups is 3. The van der Waals surface area contributed by atoms with Crippen molar-refractivity contribution < 1.29 is 29.0 Å². The van der Waals surface area contributed by atoms with Crippen molar-refractivity contribution in [3.05, 3.63) is 59.7 Å². The van der Waals surface area contributed by atoms with Gasteiger partial charge in [-0.25, -0.2) is 9.59 Å². The third-order valence-corrected chi connectivity index (χ3v) is 7.25. The van der Waals surface area contributed by atoms with Crippen LogP contribution < -0.4 is 10.6 Å². The number of rotatable bonds is 7. The fourth-order valence-electron chi connectivity index (χ4n) is 5.14. The van der Waals surface area contributed by atoms with Crippen LogP contribution in [-0.2, 0) is 19.1 Å². The first kappa shape index (κ1) is 22.4. The summed E-state index contributed by atoms with van der Waals surface area (Å²) in [7, 11) is 0. The lowest BCUT2D eigenvalue weighted by Gasteiger charge is -2.38. The van der Waals surface area contributed by atoms with Gasteiger partial charge in [0.1, 0.15) is 12.1 Å². The minimum absolute atomic E-state index is 0.0120. The van der Waals surface area contributed by atoms with Crippen molar-refractivity contribution in [3.63, 3.8) is 0 Å². The Morgan fingerprint density at radius 3 is 2.26 bits per heavy atom. The maximum Gasteiger partial charge on any atom is 0.407 e. The lowest BCUT2D eigenvalue weighted by atomic mass is 9.76. The van der Waals surface area contributed by atoms with E-state index in [9.17, 15) is 19.5 Å². The normalized spacial score (nSPS) is 22.2. The number of nitrogens with one attached hydrogen (secondary N) is 2. The zero-order chi connectivity index (χ0) is 23.7. The molecule has 0 bridgehead atoms. The van der Waals surface area contributed by atoms with Crippen LogP contribution in [0, 0.1) is 5.92 Å². The van der Waals surface area contributed by atoms with Crippen LogP contribution in [-0.4, -0.2) is 54.5 Å². The van der Waals surface area contributed by atoms with Gasteiger partial charge in [-0.1, -0.05) is 48.5 Å². The second-order valence-electron chi connectivity index (χ2n) is 9.32. The van der Waals surface area contributed by atoms with Gasteiger partial charge in [-0.3, -0.25) is 4.79 Å². The number of hydrogen-bond donors (Lipinski definition) is 3. The van der Waals surface area contributed by atoms with E-state index in [1.807, 2.05) is 24.3 Å². The van der Waals surface area contributed by atoms with Gasteiger partial charge in [0.05, 0.1) is 18.6 Å². The summed E-state index contributed by atoms with van der Waals surface area (Å²) in [6.07, 6.45) is 1.27. The Hall–Kier alpha value is -3.39. The van der Waals surface area contributed by atoms with Crippen molar-refractivity contribution in [1.82, 2.24) is 10.6 Å². The van der Waals surface area contributed by atoms with E-state index >= 15 is 0 Å². The van der Waals surface area contributed by atoms with Crippen molar-refractivity contribution in [3.8, 4) is 11.1 Å². The molecule has 2 aromatic rings. The third kappa shape index (κ3) is 4.14. The largest absolute Gasteiger partial charge is 0.480 e. The lowest BCUT2D eigenvalue weighted by molar-refractivity contribution is -0.152. The van der Waals surface area contributed by atoms with Gasteiger partial charge in [-0.15, -0.1) is 0 Å². The highest BCUT2D eigenvalue weighted by atomic mass is 16.5.